The lowest BCUT2D eigenvalue weighted by molar-refractivity contribution is -0.116. The van der Waals surface area contributed by atoms with Crippen LogP contribution in [0, 0.1) is 11.7 Å². The van der Waals surface area contributed by atoms with Crippen molar-refractivity contribution in [2.45, 2.75) is 33.2 Å². The number of allylic oxidation sites excluding steroid dienone is 1. The van der Waals surface area contributed by atoms with Crippen molar-refractivity contribution in [3.8, 4) is 10.7 Å². The first-order valence-electron chi connectivity index (χ1n) is 6.60. The van der Waals surface area contributed by atoms with Crippen LogP contribution in [0.4, 0.5) is 5.13 Å². The van der Waals surface area contributed by atoms with Gasteiger partial charge in [-0.25, -0.2) is 4.98 Å². The van der Waals surface area contributed by atoms with Crippen LogP contribution < -0.4 is 5.32 Å². The van der Waals surface area contributed by atoms with Gasteiger partial charge in [0.2, 0.25) is 5.91 Å². The summed E-state index contributed by atoms with van der Waals surface area (Å²) in [6.07, 6.45) is 3.05. The summed E-state index contributed by atoms with van der Waals surface area (Å²) in [6, 6.07) is 0. The van der Waals surface area contributed by atoms with E-state index in [1.165, 1.54) is 11.3 Å². The molecule has 0 fully saturated rings. The zero-order valence-corrected chi connectivity index (χ0v) is 13.6. The second-order valence-corrected chi connectivity index (χ2v) is 5.87. The third-order valence-corrected chi connectivity index (χ3v) is 4.17. The minimum absolute atomic E-state index is 0.0252. The van der Waals surface area contributed by atoms with E-state index in [2.05, 4.69) is 27.1 Å². The van der Waals surface area contributed by atoms with Gasteiger partial charge >= 0.3 is 0 Å². The Labute approximate surface area is 131 Å². The number of carbonyl (C=O) groups excluding carboxylic acids is 1. The molecule has 0 radical (unpaired) electrons. The maximum Gasteiger partial charge on any atom is 0.226 e. The largest absolute Gasteiger partial charge is 0.302 e. The Morgan fingerprint density at radius 3 is 3.05 bits per heavy atom. The molecule has 0 spiro atoms. The average Bonchev–Trinajstić information content (AvgIpc) is 2.95. The van der Waals surface area contributed by atoms with E-state index in [0.717, 1.165) is 17.0 Å². The normalized spacial score (nSPS) is 10.6. The van der Waals surface area contributed by atoms with Crippen molar-refractivity contribution in [1.29, 1.82) is 0 Å². The molecule has 2 N–H and O–H groups in total. The van der Waals surface area contributed by atoms with E-state index in [4.69, 9.17) is 12.2 Å². The molecule has 2 aromatic rings. The summed E-state index contributed by atoms with van der Waals surface area (Å²) in [5.74, 6) is 0.689. The van der Waals surface area contributed by atoms with Crippen LogP contribution in [0.25, 0.3) is 10.7 Å². The summed E-state index contributed by atoms with van der Waals surface area (Å²) in [7, 11) is 0. The number of nitrogens with one attached hydrogen (secondary N) is 2. The summed E-state index contributed by atoms with van der Waals surface area (Å²) < 4.78 is 2.38. The predicted molar refractivity (Wildman–Crippen MR) is 87.0 cm³/mol. The number of carbonyl (C=O) groups is 1. The van der Waals surface area contributed by atoms with Crippen LogP contribution in [-0.4, -0.2) is 25.7 Å². The SMILES string of the molecule is C=CCn1c(-c2sc(NC(=O)CCC)nc2C)n[nH]c1=S. The second kappa shape index (κ2) is 6.77. The second-order valence-electron chi connectivity index (χ2n) is 4.48. The molecule has 0 bridgehead atoms. The number of aryl methyl sites for hydroxylation is 1. The quantitative estimate of drug-likeness (QED) is 0.632. The predicted octanol–water partition coefficient (Wildman–Crippen LogP) is 3.30. The number of amides is 1. The van der Waals surface area contributed by atoms with Crippen molar-refractivity contribution < 1.29 is 4.79 Å². The van der Waals surface area contributed by atoms with Gasteiger partial charge in [-0.15, -0.1) is 6.58 Å². The zero-order valence-electron chi connectivity index (χ0n) is 12.0. The summed E-state index contributed by atoms with van der Waals surface area (Å²) in [5.41, 5.74) is 0.811. The lowest BCUT2D eigenvalue weighted by Gasteiger charge is -2.01. The molecule has 0 aliphatic carbocycles. The zero-order chi connectivity index (χ0) is 15.4. The van der Waals surface area contributed by atoms with E-state index in [1.54, 1.807) is 6.08 Å². The first-order chi connectivity index (χ1) is 10.1. The molecule has 0 aliphatic heterocycles. The average molecular weight is 323 g/mol. The molecule has 0 saturated carbocycles. The van der Waals surface area contributed by atoms with E-state index < -0.39 is 0 Å². The Hall–Kier alpha value is -1.80. The van der Waals surface area contributed by atoms with Gasteiger partial charge in [-0.3, -0.25) is 14.5 Å². The van der Waals surface area contributed by atoms with E-state index in [0.29, 0.717) is 28.7 Å². The lowest BCUT2D eigenvalue weighted by Crippen LogP contribution is -2.10. The summed E-state index contributed by atoms with van der Waals surface area (Å²) in [5, 5.41) is 10.4. The van der Waals surface area contributed by atoms with Crippen molar-refractivity contribution in [1.82, 2.24) is 19.7 Å². The van der Waals surface area contributed by atoms with E-state index in [1.807, 2.05) is 18.4 Å². The van der Waals surface area contributed by atoms with Crippen LogP contribution in [0.3, 0.4) is 0 Å². The first-order valence-corrected chi connectivity index (χ1v) is 7.83. The highest BCUT2D eigenvalue weighted by atomic mass is 32.1. The Morgan fingerprint density at radius 1 is 1.62 bits per heavy atom. The monoisotopic (exact) mass is 323 g/mol. The summed E-state index contributed by atoms with van der Waals surface area (Å²) in [4.78, 5) is 16.9. The fraction of sp³-hybridized carbons (Fsp3) is 0.385. The lowest BCUT2D eigenvalue weighted by atomic mass is 10.3. The van der Waals surface area contributed by atoms with Crippen molar-refractivity contribution >= 4 is 34.6 Å². The Bertz CT molecular complexity index is 712. The van der Waals surface area contributed by atoms with Crippen LogP contribution in [0.2, 0.25) is 0 Å². The minimum Gasteiger partial charge on any atom is -0.302 e. The molecule has 2 aromatic heterocycles. The summed E-state index contributed by atoms with van der Waals surface area (Å²) >= 11 is 6.60. The van der Waals surface area contributed by atoms with Crippen molar-refractivity contribution in [2.75, 3.05) is 5.32 Å². The van der Waals surface area contributed by atoms with Gasteiger partial charge in [0.05, 0.1) is 10.6 Å². The standard InChI is InChI=1S/C13H17N5OS2/c1-4-6-9(19)15-12-14-8(3)10(21-12)11-16-17-13(20)18(11)7-5-2/h5H,2,4,6-7H2,1,3H3,(H,17,20)(H,14,15,19). The third kappa shape index (κ3) is 3.45. The molecule has 0 atom stereocenters. The van der Waals surface area contributed by atoms with Gasteiger partial charge in [-0.2, -0.15) is 5.10 Å². The summed E-state index contributed by atoms with van der Waals surface area (Å²) in [6.45, 7) is 8.14. The van der Waals surface area contributed by atoms with Gasteiger partial charge < -0.3 is 5.32 Å². The third-order valence-electron chi connectivity index (χ3n) is 2.79. The van der Waals surface area contributed by atoms with Gasteiger partial charge in [-0.1, -0.05) is 24.3 Å². The molecule has 0 unspecified atom stereocenters. The number of rotatable bonds is 6. The number of hydrogen-bond donors (Lipinski definition) is 2. The molecule has 2 heterocycles. The van der Waals surface area contributed by atoms with Gasteiger partial charge in [0.1, 0.15) is 0 Å². The number of nitrogens with zero attached hydrogens (tertiary/aromatic N) is 3. The van der Waals surface area contributed by atoms with Gasteiger partial charge in [-0.05, 0) is 25.6 Å². The number of H-pyrrole nitrogens is 1. The molecule has 8 heteroatoms. The number of anilines is 1. The van der Waals surface area contributed by atoms with Crippen molar-refractivity contribution in [3.63, 3.8) is 0 Å². The highest BCUT2D eigenvalue weighted by Crippen LogP contribution is 2.31. The highest BCUT2D eigenvalue weighted by Gasteiger charge is 2.16. The highest BCUT2D eigenvalue weighted by molar-refractivity contribution is 7.71. The maximum atomic E-state index is 11.6. The molecule has 6 nitrogen and oxygen atoms in total. The molecular weight excluding hydrogens is 306 g/mol. The molecule has 2 rings (SSSR count). The fourth-order valence-electron chi connectivity index (χ4n) is 1.86. The number of hydrogen-bond acceptors (Lipinski definition) is 5. The Kier molecular flexibility index (Phi) is 5.03. The van der Waals surface area contributed by atoms with E-state index in [9.17, 15) is 4.79 Å². The molecule has 1 amide bonds. The van der Waals surface area contributed by atoms with Crippen molar-refractivity contribution in [2.24, 2.45) is 0 Å². The van der Waals surface area contributed by atoms with Crippen LogP contribution >= 0.6 is 23.6 Å². The molecular formula is C13H17N5OS2. The molecule has 0 saturated heterocycles. The maximum absolute atomic E-state index is 11.6. The van der Waals surface area contributed by atoms with E-state index >= 15 is 0 Å². The smallest absolute Gasteiger partial charge is 0.226 e. The Morgan fingerprint density at radius 2 is 2.38 bits per heavy atom. The van der Waals surface area contributed by atoms with E-state index in [-0.39, 0.29) is 5.91 Å². The van der Waals surface area contributed by atoms with Gasteiger partial charge in [0.25, 0.3) is 0 Å². The van der Waals surface area contributed by atoms with Crippen LogP contribution in [0.5, 0.6) is 0 Å². The fourth-order valence-corrected chi connectivity index (χ4v) is 3.04. The van der Waals surface area contributed by atoms with Gasteiger partial charge in [0.15, 0.2) is 15.7 Å². The Balaban J connectivity index is 2.33. The van der Waals surface area contributed by atoms with Crippen LogP contribution in [0.15, 0.2) is 12.7 Å². The molecule has 0 aromatic carbocycles. The molecule has 21 heavy (non-hydrogen) atoms. The molecule has 0 aliphatic rings. The number of aromatic amines is 1. The van der Waals surface area contributed by atoms with Gasteiger partial charge in [0, 0.05) is 13.0 Å². The topological polar surface area (TPSA) is 75.6 Å². The van der Waals surface area contributed by atoms with Crippen LogP contribution in [-0.2, 0) is 11.3 Å². The number of thiazole rings is 1. The molecule has 112 valence electrons. The minimum atomic E-state index is -0.0252. The van der Waals surface area contributed by atoms with Crippen LogP contribution in [0.1, 0.15) is 25.5 Å². The first kappa shape index (κ1) is 15.6. The number of aromatic nitrogens is 4. The van der Waals surface area contributed by atoms with Crippen molar-refractivity contribution in [3.05, 3.63) is 23.1 Å².